The largest absolute Gasteiger partial charge is 0.346 e. The first-order valence-corrected chi connectivity index (χ1v) is 1.63. The van der Waals surface area contributed by atoms with Crippen molar-refractivity contribution in [2.75, 3.05) is 0 Å². The van der Waals surface area contributed by atoms with E-state index in [0.29, 0.717) is 0 Å². The summed E-state index contributed by atoms with van der Waals surface area (Å²) in [6.07, 6.45) is -4.25. The van der Waals surface area contributed by atoms with Crippen LogP contribution in [-0.4, -0.2) is 6.18 Å². The molecule has 0 bridgehead atoms. The van der Waals surface area contributed by atoms with Gasteiger partial charge in [0.1, 0.15) is 0 Å². The first-order chi connectivity index (χ1) is 3.00. The summed E-state index contributed by atoms with van der Waals surface area (Å²) in [6, 6.07) is 0. The normalized spacial score (nSPS) is 8.25. The second-order valence-electron chi connectivity index (χ2n) is 0.615. The van der Waals surface area contributed by atoms with Gasteiger partial charge in [-0.1, -0.05) is 0 Å². The van der Waals surface area contributed by atoms with Crippen LogP contribution in [0.4, 0.5) is 13.2 Å². The summed E-state index contributed by atoms with van der Waals surface area (Å²) in [7, 11) is 0. The Hall–Kier alpha value is 0.530. The second-order valence-corrected chi connectivity index (χ2v) is 0.615. The molecule has 0 aliphatic heterocycles. The quantitative estimate of drug-likeness (QED) is 0.433. The molecule has 0 aliphatic rings. The minimum atomic E-state index is -4.25. The fraction of sp³-hybridized carbons (Fsp3) is 0.500. The van der Waals surface area contributed by atoms with Crippen molar-refractivity contribution < 1.29 is 35.6 Å². The molecule has 0 aliphatic carbocycles. The van der Waals surface area contributed by atoms with Crippen LogP contribution in [0.3, 0.4) is 0 Å². The molecule has 0 amide bonds. The van der Waals surface area contributed by atoms with Crippen molar-refractivity contribution in [1.82, 2.24) is 0 Å². The van der Waals surface area contributed by atoms with Crippen molar-refractivity contribution in [2.45, 2.75) is 13.1 Å². The minimum Gasteiger partial charge on any atom is -0.346 e. The summed E-state index contributed by atoms with van der Waals surface area (Å²) in [6.45, 7) is 6.77. The molecule has 1 radical (unpaired) electrons. The molecule has 8 heavy (non-hydrogen) atoms. The third-order valence-corrected chi connectivity index (χ3v) is 0. The van der Waals surface area contributed by atoms with Crippen LogP contribution in [0.1, 0.15) is 6.92 Å². The van der Waals surface area contributed by atoms with Crippen LogP contribution >= 0.6 is 0 Å². The molecule has 0 nitrogen and oxygen atoms in total. The van der Waals surface area contributed by atoms with Crippen molar-refractivity contribution >= 4 is 0 Å². The zero-order valence-corrected chi connectivity index (χ0v) is 5.83. The van der Waals surface area contributed by atoms with Crippen molar-refractivity contribution in [1.29, 1.82) is 0 Å². The molecule has 0 spiro atoms. The fourth-order valence-electron chi connectivity index (χ4n) is 0. The van der Waals surface area contributed by atoms with E-state index in [9.17, 15) is 13.2 Å². The molecule has 0 aromatic rings. The third-order valence-electron chi connectivity index (χ3n) is 0. The van der Waals surface area contributed by atoms with Gasteiger partial charge in [0.05, 0.1) is 0 Å². The Morgan fingerprint density at radius 1 is 1.12 bits per heavy atom. The topological polar surface area (TPSA) is 0 Å². The summed E-state index contributed by atoms with van der Waals surface area (Å²) in [5.41, 5.74) is 0. The fourth-order valence-corrected chi connectivity index (χ4v) is 0. The molecule has 0 rings (SSSR count). The van der Waals surface area contributed by atoms with Crippen molar-refractivity contribution in [3.8, 4) is 0 Å². The first kappa shape index (κ1) is 15.8. The first-order valence-electron chi connectivity index (χ1n) is 1.63. The maximum atomic E-state index is 10.2. The molecular weight excluding hydrogens is 213 g/mol. The molecule has 0 heterocycles. The second kappa shape index (κ2) is 7.53. The van der Waals surface area contributed by atoms with Crippen LogP contribution in [-0.2, 0) is 22.4 Å². The smallest absolute Gasteiger partial charge is 0.268 e. The van der Waals surface area contributed by atoms with Crippen molar-refractivity contribution in [3.63, 3.8) is 0 Å². The van der Waals surface area contributed by atoms with E-state index >= 15 is 0 Å². The number of hydrogen-bond acceptors (Lipinski definition) is 0. The molecule has 0 unspecified atom stereocenters. The predicted octanol–water partition coefficient (Wildman–Crippen LogP) is 2.22. The number of alkyl halides is 3. The minimum absolute atomic E-state index is 0. The van der Waals surface area contributed by atoms with Gasteiger partial charge in [-0.2, -0.15) is 6.92 Å². The van der Waals surface area contributed by atoms with Gasteiger partial charge < -0.3 is 6.92 Å². The average Bonchev–Trinajstić information content (AvgIpc) is 1.36. The molecule has 0 saturated carbocycles. The van der Waals surface area contributed by atoms with E-state index in [1.165, 1.54) is 0 Å². The van der Waals surface area contributed by atoms with Gasteiger partial charge in [0.25, 0.3) is 6.18 Å². The van der Waals surface area contributed by atoms with Crippen LogP contribution in [0.5, 0.6) is 0 Å². The zero-order valence-electron chi connectivity index (χ0n) is 4.35. The molecule has 0 saturated heterocycles. The maximum absolute atomic E-state index is 10.2. The summed E-state index contributed by atoms with van der Waals surface area (Å²) in [5.74, 6) is 0. The maximum Gasteiger partial charge on any atom is 0.268 e. The molecular formula is C4H7AgF3-2. The van der Waals surface area contributed by atoms with Gasteiger partial charge in [0, 0.05) is 22.4 Å². The van der Waals surface area contributed by atoms with Gasteiger partial charge in [-0.3, -0.25) is 0 Å². The monoisotopic (exact) mass is 219 g/mol. The van der Waals surface area contributed by atoms with Crippen LogP contribution < -0.4 is 0 Å². The number of halogens is 3. The van der Waals surface area contributed by atoms with E-state index in [0.717, 1.165) is 0 Å². The SMILES string of the molecule is [Ag].[CH2-]C.[CH2-]C(F)(F)F. The van der Waals surface area contributed by atoms with Crippen LogP contribution in [0.25, 0.3) is 0 Å². The Balaban J connectivity index is -0.0000000750. The van der Waals surface area contributed by atoms with Gasteiger partial charge in [-0.15, -0.1) is 0 Å². The van der Waals surface area contributed by atoms with E-state index < -0.39 is 6.18 Å². The van der Waals surface area contributed by atoms with Gasteiger partial charge in [-0.25, -0.2) is 20.1 Å². The molecule has 0 fully saturated rings. The third kappa shape index (κ3) is 710. The molecule has 0 aromatic carbocycles. The summed E-state index contributed by atoms with van der Waals surface area (Å²) < 4.78 is 30.7. The Morgan fingerprint density at radius 2 is 1.12 bits per heavy atom. The van der Waals surface area contributed by atoms with E-state index in [-0.39, 0.29) is 22.4 Å². The summed E-state index contributed by atoms with van der Waals surface area (Å²) in [4.78, 5) is 0. The van der Waals surface area contributed by atoms with Gasteiger partial charge in [-0.05, 0) is 0 Å². The molecule has 57 valence electrons. The van der Waals surface area contributed by atoms with Gasteiger partial charge >= 0.3 is 0 Å². The molecule has 0 aromatic heterocycles. The number of rotatable bonds is 0. The predicted molar refractivity (Wildman–Crippen MR) is 22.4 cm³/mol. The van der Waals surface area contributed by atoms with Crippen molar-refractivity contribution in [2.24, 2.45) is 0 Å². The van der Waals surface area contributed by atoms with Crippen LogP contribution in [0.15, 0.2) is 0 Å². The van der Waals surface area contributed by atoms with Gasteiger partial charge in [0.15, 0.2) is 0 Å². The Morgan fingerprint density at radius 3 is 1.12 bits per heavy atom. The zero-order chi connectivity index (χ0) is 6.50. The standard InChI is InChI=1S/C2H2F3.C2H5.Ag/c1-2(3,4)5;1-2;/h1H2;1H2,2H3;/q2*-1;. The summed E-state index contributed by atoms with van der Waals surface area (Å²) >= 11 is 0. The summed E-state index contributed by atoms with van der Waals surface area (Å²) in [5, 5.41) is 0. The van der Waals surface area contributed by atoms with E-state index in [1.54, 1.807) is 13.8 Å². The van der Waals surface area contributed by atoms with Crippen LogP contribution in [0, 0.1) is 13.8 Å². The molecule has 0 atom stereocenters. The van der Waals surface area contributed by atoms with Crippen molar-refractivity contribution in [3.05, 3.63) is 13.8 Å². The van der Waals surface area contributed by atoms with Crippen LogP contribution in [0.2, 0.25) is 0 Å². The van der Waals surface area contributed by atoms with E-state index in [4.69, 9.17) is 0 Å². The van der Waals surface area contributed by atoms with E-state index in [1.807, 2.05) is 0 Å². The Kier molecular flexibility index (Phi) is 14.9. The van der Waals surface area contributed by atoms with E-state index in [2.05, 4.69) is 6.92 Å². The Bertz CT molecular complexity index is 26.8. The Labute approximate surface area is 63.0 Å². The van der Waals surface area contributed by atoms with Gasteiger partial charge in [0.2, 0.25) is 0 Å². The average molecular weight is 220 g/mol. The molecule has 4 heteroatoms. The number of hydrogen-bond donors (Lipinski definition) is 0. The molecule has 0 N–H and O–H groups in total.